The van der Waals surface area contributed by atoms with Crippen molar-refractivity contribution < 1.29 is 14.6 Å². The van der Waals surface area contributed by atoms with Crippen LogP contribution in [-0.2, 0) is 16.8 Å². The predicted octanol–water partition coefficient (Wildman–Crippen LogP) is 4.29. The molecule has 0 saturated carbocycles. The maximum Gasteiger partial charge on any atom is 0.227 e. The normalized spacial score (nSPS) is 18.7. The standard InChI is InChI=1S/C27H34N2O3/c1-2-3-17-29-25-21-24(12-10-22(25)11-13-26(29)30)32-20-7-16-28-18-14-27(31,15-19-28)23-8-5-4-6-9-23/h2-6,8-10,12,21,31H,7,11,13-20H2,1H3. The molecule has 2 aliphatic rings. The molecule has 0 radical (unpaired) electrons. The van der Waals surface area contributed by atoms with Crippen molar-refractivity contribution in [2.75, 3.05) is 37.7 Å². The highest BCUT2D eigenvalue weighted by atomic mass is 16.5. The zero-order valence-electron chi connectivity index (χ0n) is 19.0. The van der Waals surface area contributed by atoms with Crippen molar-refractivity contribution in [2.24, 2.45) is 0 Å². The molecule has 2 aliphatic heterocycles. The number of likely N-dealkylation sites (tertiary alicyclic amines) is 1. The Morgan fingerprint density at radius 2 is 1.88 bits per heavy atom. The molecule has 0 bridgehead atoms. The lowest BCUT2D eigenvalue weighted by atomic mass is 9.84. The van der Waals surface area contributed by atoms with E-state index in [0.29, 0.717) is 19.6 Å². The van der Waals surface area contributed by atoms with Crippen LogP contribution >= 0.6 is 0 Å². The number of rotatable bonds is 8. The zero-order valence-corrected chi connectivity index (χ0v) is 19.0. The second-order valence-corrected chi connectivity index (χ2v) is 8.81. The summed E-state index contributed by atoms with van der Waals surface area (Å²) in [5.74, 6) is 0.995. The Bertz CT molecular complexity index is 933. The first-order valence-electron chi connectivity index (χ1n) is 11.8. The first-order valence-corrected chi connectivity index (χ1v) is 11.8. The molecule has 4 rings (SSSR count). The molecule has 1 amide bonds. The van der Waals surface area contributed by atoms with Crippen LogP contribution in [0, 0.1) is 0 Å². The minimum absolute atomic E-state index is 0.174. The number of hydrogen-bond acceptors (Lipinski definition) is 4. The minimum atomic E-state index is -0.701. The molecule has 1 N–H and O–H groups in total. The van der Waals surface area contributed by atoms with E-state index in [1.807, 2.05) is 66.4 Å². The summed E-state index contributed by atoms with van der Waals surface area (Å²) in [6, 6.07) is 16.1. The third kappa shape index (κ3) is 5.22. The quantitative estimate of drug-likeness (QED) is 0.497. The maximum absolute atomic E-state index is 12.4. The first kappa shape index (κ1) is 22.6. The fourth-order valence-electron chi connectivity index (χ4n) is 4.68. The highest BCUT2D eigenvalue weighted by Crippen LogP contribution is 2.33. The number of carbonyl (C=O) groups is 1. The number of carbonyl (C=O) groups excluding carboxylic acids is 1. The van der Waals surface area contributed by atoms with Crippen LogP contribution in [0.4, 0.5) is 5.69 Å². The van der Waals surface area contributed by atoms with E-state index < -0.39 is 5.60 Å². The van der Waals surface area contributed by atoms with Gasteiger partial charge in [0.1, 0.15) is 5.75 Å². The van der Waals surface area contributed by atoms with Gasteiger partial charge >= 0.3 is 0 Å². The Balaban J connectivity index is 1.25. The summed E-state index contributed by atoms with van der Waals surface area (Å²) in [4.78, 5) is 16.6. The molecule has 1 fully saturated rings. The third-order valence-electron chi connectivity index (χ3n) is 6.66. The molecular weight excluding hydrogens is 400 g/mol. The second-order valence-electron chi connectivity index (χ2n) is 8.81. The summed E-state index contributed by atoms with van der Waals surface area (Å²) in [5, 5.41) is 11.0. The average molecular weight is 435 g/mol. The fourth-order valence-corrected chi connectivity index (χ4v) is 4.68. The van der Waals surface area contributed by atoms with E-state index in [1.54, 1.807) is 0 Å². The van der Waals surface area contributed by atoms with Gasteiger partial charge in [0.05, 0.1) is 17.9 Å². The van der Waals surface area contributed by atoms with Crippen molar-refractivity contribution in [3.05, 3.63) is 71.8 Å². The van der Waals surface area contributed by atoms with Gasteiger partial charge in [0, 0.05) is 38.7 Å². The molecule has 32 heavy (non-hydrogen) atoms. The van der Waals surface area contributed by atoms with E-state index in [0.717, 1.165) is 62.3 Å². The minimum Gasteiger partial charge on any atom is -0.493 e. The summed E-state index contributed by atoms with van der Waals surface area (Å²) in [5.41, 5.74) is 2.51. The van der Waals surface area contributed by atoms with E-state index in [-0.39, 0.29) is 5.91 Å². The number of fused-ring (bicyclic) bond motifs is 1. The van der Waals surface area contributed by atoms with Crippen LogP contribution in [0.1, 0.15) is 43.7 Å². The summed E-state index contributed by atoms with van der Waals surface area (Å²) in [6.45, 7) is 5.97. The number of benzene rings is 2. The van der Waals surface area contributed by atoms with Crippen molar-refractivity contribution in [2.45, 2.75) is 44.6 Å². The number of aliphatic hydroxyl groups is 1. The van der Waals surface area contributed by atoms with Gasteiger partial charge in [-0.15, -0.1) is 0 Å². The molecule has 170 valence electrons. The van der Waals surface area contributed by atoms with Gasteiger partial charge in [-0.05, 0) is 49.8 Å². The Morgan fingerprint density at radius 3 is 2.62 bits per heavy atom. The van der Waals surface area contributed by atoms with Crippen LogP contribution in [0.25, 0.3) is 0 Å². The zero-order chi connectivity index (χ0) is 22.4. The van der Waals surface area contributed by atoms with E-state index >= 15 is 0 Å². The lowest BCUT2D eigenvalue weighted by molar-refractivity contribution is -0.118. The molecular formula is C27H34N2O3. The molecule has 0 spiro atoms. The lowest BCUT2D eigenvalue weighted by Gasteiger charge is -2.38. The van der Waals surface area contributed by atoms with Gasteiger partial charge in [-0.25, -0.2) is 0 Å². The van der Waals surface area contributed by atoms with Crippen LogP contribution in [0.2, 0.25) is 0 Å². The lowest BCUT2D eigenvalue weighted by Crippen LogP contribution is -2.43. The van der Waals surface area contributed by atoms with E-state index in [4.69, 9.17) is 4.74 Å². The van der Waals surface area contributed by atoms with E-state index in [1.165, 1.54) is 5.56 Å². The Labute approximate surface area is 191 Å². The number of aryl methyl sites for hydroxylation is 1. The largest absolute Gasteiger partial charge is 0.493 e. The molecule has 1 saturated heterocycles. The number of ether oxygens (including phenoxy) is 1. The monoisotopic (exact) mass is 434 g/mol. The molecule has 2 heterocycles. The summed E-state index contributed by atoms with van der Waals surface area (Å²) in [7, 11) is 0. The summed E-state index contributed by atoms with van der Waals surface area (Å²) >= 11 is 0. The van der Waals surface area contributed by atoms with Crippen LogP contribution < -0.4 is 9.64 Å². The average Bonchev–Trinajstić information content (AvgIpc) is 2.83. The number of allylic oxidation sites excluding steroid dienone is 1. The van der Waals surface area contributed by atoms with E-state index in [9.17, 15) is 9.90 Å². The highest BCUT2D eigenvalue weighted by Gasteiger charge is 2.33. The molecule has 0 aliphatic carbocycles. The summed E-state index contributed by atoms with van der Waals surface area (Å²) < 4.78 is 6.03. The molecule has 0 unspecified atom stereocenters. The topological polar surface area (TPSA) is 53.0 Å². The Hall–Kier alpha value is -2.63. The molecule has 0 aromatic heterocycles. The molecule has 2 aromatic carbocycles. The van der Waals surface area contributed by atoms with E-state index in [2.05, 4.69) is 11.0 Å². The van der Waals surface area contributed by atoms with Crippen LogP contribution in [0.3, 0.4) is 0 Å². The van der Waals surface area contributed by atoms with Gasteiger partial charge in [0.2, 0.25) is 5.91 Å². The van der Waals surface area contributed by atoms with Crippen LogP contribution in [0.15, 0.2) is 60.7 Å². The van der Waals surface area contributed by atoms with Crippen molar-refractivity contribution in [1.29, 1.82) is 0 Å². The number of piperidine rings is 1. The van der Waals surface area contributed by atoms with Crippen molar-refractivity contribution in [3.63, 3.8) is 0 Å². The number of amides is 1. The summed E-state index contributed by atoms with van der Waals surface area (Å²) in [6.07, 6.45) is 7.81. The smallest absolute Gasteiger partial charge is 0.227 e. The number of nitrogens with zero attached hydrogens (tertiary/aromatic N) is 2. The van der Waals surface area contributed by atoms with Gasteiger partial charge in [-0.2, -0.15) is 0 Å². The van der Waals surface area contributed by atoms with Crippen LogP contribution in [-0.4, -0.2) is 48.7 Å². The van der Waals surface area contributed by atoms with Crippen molar-refractivity contribution >= 4 is 11.6 Å². The SMILES string of the molecule is CC=CCN1C(=O)CCc2ccc(OCCCN3CCC(O)(c4ccccc4)CC3)cc21. The first-order chi connectivity index (χ1) is 15.6. The van der Waals surface area contributed by atoms with Crippen LogP contribution in [0.5, 0.6) is 5.75 Å². The predicted molar refractivity (Wildman–Crippen MR) is 128 cm³/mol. The third-order valence-corrected chi connectivity index (χ3v) is 6.66. The van der Waals surface area contributed by atoms with Gasteiger partial charge in [0.15, 0.2) is 0 Å². The molecule has 5 nitrogen and oxygen atoms in total. The van der Waals surface area contributed by atoms with Gasteiger partial charge < -0.3 is 19.6 Å². The molecule has 5 heteroatoms. The number of anilines is 1. The number of hydrogen-bond donors (Lipinski definition) is 1. The Morgan fingerprint density at radius 1 is 1.09 bits per heavy atom. The van der Waals surface area contributed by atoms with Gasteiger partial charge in [-0.1, -0.05) is 48.6 Å². The van der Waals surface area contributed by atoms with Crippen molar-refractivity contribution in [3.8, 4) is 5.75 Å². The molecule has 2 aromatic rings. The molecule has 0 atom stereocenters. The Kier molecular flexibility index (Phi) is 7.28. The van der Waals surface area contributed by atoms with Crippen molar-refractivity contribution in [1.82, 2.24) is 4.90 Å². The van der Waals surface area contributed by atoms with Gasteiger partial charge in [-0.3, -0.25) is 4.79 Å². The second kappa shape index (κ2) is 10.3. The highest BCUT2D eigenvalue weighted by molar-refractivity contribution is 5.96. The fraction of sp³-hybridized carbons (Fsp3) is 0.444. The maximum atomic E-state index is 12.4. The van der Waals surface area contributed by atoms with Gasteiger partial charge in [0.25, 0.3) is 0 Å².